The fourth-order valence-electron chi connectivity index (χ4n) is 4.24. The lowest BCUT2D eigenvalue weighted by Gasteiger charge is -2.38. The minimum absolute atomic E-state index is 0.574. The molecule has 150 valence electrons. The number of ether oxygens (including phenoxy) is 1. The van der Waals surface area contributed by atoms with Crippen LogP contribution >= 0.6 is 0 Å². The first-order valence-electron chi connectivity index (χ1n) is 10.4. The molecule has 0 radical (unpaired) electrons. The molecule has 0 bridgehead atoms. The van der Waals surface area contributed by atoms with Crippen LogP contribution in [0.15, 0.2) is 30.5 Å². The predicted molar refractivity (Wildman–Crippen MR) is 113 cm³/mol. The summed E-state index contributed by atoms with van der Waals surface area (Å²) in [5, 5.41) is 8.61. The van der Waals surface area contributed by atoms with E-state index in [1.165, 1.54) is 24.9 Å². The molecular weight excluding hydrogens is 352 g/mol. The third-order valence-electron chi connectivity index (χ3n) is 5.93. The first-order chi connectivity index (χ1) is 13.8. The summed E-state index contributed by atoms with van der Waals surface area (Å²) in [7, 11) is 1.70. The number of aromatic nitrogens is 3. The zero-order chi connectivity index (χ0) is 19.3. The van der Waals surface area contributed by atoms with E-state index in [-0.39, 0.29) is 0 Å². The molecule has 2 fully saturated rings. The lowest BCUT2D eigenvalue weighted by atomic mass is 10.0. The Morgan fingerprint density at radius 1 is 1.00 bits per heavy atom. The van der Waals surface area contributed by atoms with E-state index in [1.807, 2.05) is 18.3 Å². The molecule has 28 heavy (non-hydrogen) atoms. The van der Waals surface area contributed by atoms with E-state index in [0.29, 0.717) is 6.04 Å². The average molecular weight is 383 g/mol. The Morgan fingerprint density at radius 3 is 2.46 bits per heavy atom. The molecule has 7 heteroatoms. The van der Waals surface area contributed by atoms with Gasteiger partial charge in [0, 0.05) is 44.5 Å². The fraction of sp³-hybridized carbons (Fsp3) is 0.571. The summed E-state index contributed by atoms with van der Waals surface area (Å²) in [4.78, 5) is 12.0. The highest BCUT2D eigenvalue weighted by Crippen LogP contribution is 2.26. The van der Waals surface area contributed by atoms with Crippen LogP contribution in [0, 0.1) is 0 Å². The zero-order valence-corrected chi connectivity index (χ0v) is 16.9. The molecule has 3 heterocycles. The number of nitrogens with zero attached hydrogens (tertiary/aromatic N) is 6. The van der Waals surface area contributed by atoms with Crippen molar-refractivity contribution in [3.63, 3.8) is 0 Å². The van der Waals surface area contributed by atoms with Gasteiger partial charge in [-0.3, -0.25) is 0 Å². The highest BCUT2D eigenvalue weighted by molar-refractivity contribution is 5.51. The summed E-state index contributed by atoms with van der Waals surface area (Å²) in [6.45, 7) is 7.02. The summed E-state index contributed by atoms with van der Waals surface area (Å²) in [6.07, 6.45) is 6.77. The first kappa shape index (κ1) is 18.8. The zero-order valence-electron chi connectivity index (χ0n) is 16.9. The average Bonchev–Trinajstić information content (AvgIpc) is 2.79. The Bertz CT molecular complexity index is 760. The summed E-state index contributed by atoms with van der Waals surface area (Å²) >= 11 is 0. The Labute approximate surface area is 167 Å². The van der Waals surface area contributed by atoms with E-state index < -0.39 is 0 Å². The molecule has 2 aliphatic heterocycles. The van der Waals surface area contributed by atoms with Crippen molar-refractivity contribution in [2.45, 2.75) is 38.6 Å². The maximum atomic E-state index is 5.25. The maximum Gasteiger partial charge on any atom is 0.247 e. The summed E-state index contributed by atoms with van der Waals surface area (Å²) in [6, 6.07) is 8.84. The first-order valence-corrected chi connectivity index (χ1v) is 10.4. The van der Waals surface area contributed by atoms with Crippen molar-refractivity contribution in [3.8, 4) is 5.75 Å². The topological polar surface area (TPSA) is 57.6 Å². The molecule has 0 amide bonds. The Hall–Kier alpha value is -2.57. The summed E-state index contributed by atoms with van der Waals surface area (Å²) < 4.78 is 5.25. The van der Waals surface area contributed by atoms with Crippen LogP contribution in [0.1, 0.15) is 32.6 Å². The van der Waals surface area contributed by atoms with Gasteiger partial charge in [0.25, 0.3) is 0 Å². The number of piperidine rings is 1. The molecular formula is C21H30N6O. The number of hydrogen-bond acceptors (Lipinski definition) is 7. The van der Waals surface area contributed by atoms with Crippen LogP contribution in [-0.2, 0) is 0 Å². The van der Waals surface area contributed by atoms with Crippen molar-refractivity contribution in [2.75, 3.05) is 54.5 Å². The molecule has 2 aromatic rings. The third-order valence-corrected chi connectivity index (χ3v) is 5.93. The van der Waals surface area contributed by atoms with Crippen molar-refractivity contribution in [1.29, 1.82) is 0 Å². The molecule has 1 atom stereocenters. The van der Waals surface area contributed by atoms with Crippen molar-refractivity contribution in [1.82, 2.24) is 15.2 Å². The smallest absolute Gasteiger partial charge is 0.247 e. The molecule has 0 saturated carbocycles. The van der Waals surface area contributed by atoms with E-state index in [1.54, 1.807) is 7.11 Å². The van der Waals surface area contributed by atoms with Crippen molar-refractivity contribution < 1.29 is 4.74 Å². The highest BCUT2D eigenvalue weighted by Gasteiger charge is 2.25. The van der Waals surface area contributed by atoms with Gasteiger partial charge in [0.15, 0.2) is 5.82 Å². The van der Waals surface area contributed by atoms with Crippen LogP contribution < -0.4 is 19.4 Å². The largest absolute Gasteiger partial charge is 0.497 e. The molecule has 2 saturated heterocycles. The fourth-order valence-corrected chi connectivity index (χ4v) is 4.24. The minimum atomic E-state index is 0.574. The van der Waals surface area contributed by atoms with Crippen molar-refractivity contribution in [2.24, 2.45) is 0 Å². The van der Waals surface area contributed by atoms with Crippen LogP contribution in [0.4, 0.5) is 17.5 Å². The van der Waals surface area contributed by atoms with E-state index in [4.69, 9.17) is 9.72 Å². The SMILES string of the molecule is CCC1CCCCN1c1cnnc(N2CCN(c3ccc(OC)cc3)CC2)n1. The van der Waals surface area contributed by atoms with Crippen molar-refractivity contribution in [3.05, 3.63) is 30.5 Å². The van der Waals surface area contributed by atoms with E-state index in [2.05, 4.69) is 44.0 Å². The van der Waals surface area contributed by atoms with Gasteiger partial charge in [-0.25, -0.2) is 0 Å². The van der Waals surface area contributed by atoms with E-state index in [9.17, 15) is 0 Å². The van der Waals surface area contributed by atoms with Gasteiger partial charge in [0.1, 0.15) is 5.75 Å². The Kier molecular flexibility index (Phi) is 5.78. The number of benzene rings is 1. The molecule has 0 aliphatic carbocycles. The quantitative estimate of drug-likeness (QED) is 0.788. The normalized spacial score (nSPS) is 20.4. The van der Waals surface area contributed by atoms with Gasteiger partial charge >= 0.3 is 0 Å². The van der Waals surface area contributed by atoms with Gasteiger partial charge in [0.05, 0.1) is 13.3 Å². The van der Waals surface area contributed by atoms with Crippen LogP contribution in [0.3, 0.4) is 0 Å². The Balaban J connectivity index is 1.41. The van der Waals surface area contributed by atoms with Crippen LogP contribution in [0.2, 0.25) is 0 Å². The number of rotatable bonds is 5. The number of piperazine rings is 1. The van der Waals surface area contributed by atoms with E-state index >= 15 is 0 Å². The lowest BCUT2D eigenvalue weighted by Crippen LogP contribution is -2.47. The standard InChI is InChI=1S/C21H30N6O/c1-3-17-6-4-5-11-27(17)20-16-22-24-21(23-20)26-14-12-25(13-15-26)18-7-9-19(28-2)10-8-18/h7-10,16-17H,3-6,11-15H2,1-2H3. The molecule has 2 aliphatic rings. The Morgan fingerprint density at radius 2 is 1.75 bits per heavy atom. The van der Waals surface area contributed by atoms with Gasteiger partial charge in [-0.05, 0) is 49.9 Å². The van der Waals surface area contributed by atoms with Gasteiger partial charge in [-0.1, -0.05) is 6.92 Å². The predicted octanol–water partition coefficient (Wildman–Crippen LogP) is 2.98. The third kappa shape index (κ3) is 3.98. The summed E-state index contributed by atoms with van der Waals surface area (Å²) in [5.41, 5.74) is 1.23. The monoisotopic (exact) mass is 382 g/mol. The van der Waals surface area contributed by atoms with Gasteiger partial charge in [0.2, 0.25) is 5.95 Å². The van der Waals surface area contributed by atoms with E-state index in [0.717, 1.165) is 56.7 Å². The lowest BCUT2D eigenvalue weighted by molar-refractivity contribution is 0.415. The molecule has 7 nitrogen and oxygen atoms in total. The van der Waals surface area contributed by atoms with Gasteiger partial charge in [-0.2, -0.15) is 10.1 Å². The van der Waals surface area contributed by atoms with Gasteiger partial charge < -0.3 is 19.4 Å². The van der Waals surface area contributed by atoms with Gasteiger partial charge in [-0.15, -0.1) is 5.10 Å². The molecule has 1 unspecified atom stereocenters. The van der Waals surface area contributed by atoms with Crippen LogP contribution in [-0.4, -0.2) is 61.1 Å². The van der Waals surface area contributed by atoms with Crippen molar-refractivity contribution >= 4 is 17.5 Å². The van der Waals surface area contributed by atoms with Crippen LogP contribution in [0.5, 0.6) is 5.75 Å². The molecule has 4 rings (SSSR count). The second kappa shape index (κ2) is 8.63. The maximum absolute atomic E-state index is 5.25. The number of hydrogen-bond donors (Lipinski definition) is 0. The molecule has 1 aromatic heterocycles. The van der Waals surface area contributed by atoms with Crippen LogP contribution in [0.25, 0.3) is 0 Å². The highest BCUT2D eigenvalue weighted by atomic mass is 16.5. The molecule has 0 N–H and O–H groups in total. The molecule has 1 aromatic carbocycles. The second-order valence-corrected chi connectivity index (χ2v) is 7.54. The number of anilines is 3. The number of methoxy groups -OCH3 is 1. The second-order valence-electron chi connectivity index (χ2n) is 7.54. The summed E-state index contributed by atoms with van der Waals surface area (Å²) in [5.74, 6) is 2.63. The minimum Gasteiger partial charge on any atom is -0.497 e. The molecule has 0 spiro atoms.